The molecule has 1 aliphatic heterocycles. The number of nitrogens with zero attached hydrogens (tertiary/aromatic N) is 3. The maximum Gasteiger partial charge on any atom is 0.197 e. The minimum atomic E-state index is -0.706. The van der Waals surface area contributed by atoms with Gasteiger partial charge in [-0.1, -0.05) is 4.48 Å². The molecule has 0 unspecified atom stereocenters. The first-order valence-electron chi connectivity index (χ1n) is 2.47. The summed E-state index contributed by atoms with van der Waals surface area (Å²) >= 11 is 0. The summed E-state index contributed by atoms with van der Waals surface area (Å²) in [6, 6.07) is 0. The SMILES string of the molecule is N#CN1CC(F)=CN(F)N1. The van der Waals surface area contributed by atoms with E-state index in [9.17, 15) is 8.87 Å². The van der Waals surface area contributed by atoms with Gasteiger partial charge in [0.25, 0.3) is 0 Å². The predicted octanol–water partition coefficient (Wildman–Crippen LogP) is 0.200. The van der Waals surface area contributed by atoms with Crippen LogP contribution in [-0.2, 0) is 0 Å². The summed E-state index contributed by atoms with van der Waals surface area (Å²) in [5, 5.41) is 8.75. The van der Waals surface area contributed by atoms with Crippen molar-refractivity contribution in [1.29, 1.82) is 5.26 Å². The number of nitrogens with one attached hydrogen (secondary N) is 1. The average molecular weight is 146 g/mol. The zero-order valence-corrected chi connectivity index (χ0v) is 4.88. The molecule has 0 fully saturated rings. The second kappa shape index (κ2) is 2.49. The summed E-state index contributed by atoms with van der Waals surface area (Å²) in [7, 11) is 0. The highest BCUT2D eigenvalue weighted by atomic mass is 19.2. The van der Waals surface area contributed by atoms with Crippen molar-refractivity contribution in [1.82, 2.24) is 15.8 Å². The Labute approximate surface area is 55.8 Å². The van der Waals surface area contributed by atoms with Crippen molar-refractivity contribution >= 4 is 0 Å². The lowest BCUT2D eigenvalue weighted by atomic mass is 10.5. The molecule has 0 spiro atoms. The fourth-order valence-corrected chi connectivity index (χ4v) is 0.552. The van der Waals surface area contributed by atoms with E-state index in [0.29, 0.717) is 6.20 Å². The van der Waals surface area contributed by atoms with Gasteiger partial charge in [0.15, 0.2) is 6.19 Å². The van der Waals surface area contributed by atoms with Gasteiger partial charge in [-0.15, -0.1) is 10.8 Å². The number of rotatable bonds is 0. The van der Waals surface area contributed by atoms with Gasteiger partial charge >= 0.3 is 0 Å². The Kier molecular flexibility index (Phi) is 1.69. The Morgan fingerprint density at radius 1 is 1.80 bits per heavy atom. The molecular formula is C4H4F2N4. The normalized spacial score (nSPS) is 18.3. The summed E-state index contributed by atoms with van der Waals surface area (Å²) in [4.78, 5) is 0. The fraction of sp³-hybridized carbons (Fsp3) is 0.250. The number of halogens is 2. The first-order valence-corrected chi connectivity index (χ1v) is 2.47. The van der Waals surface area contributed by atoms with Gasteiger partial charge in [0.05, 0.1) is 6.20 Å². The van der Waals surface area contributed by atoms with Crippen LogP contribution in [0.4, 0.5) is 8.87 Å². The summed E-state index contributed by atoms with van der Waals surface area (Å²) in [6.07, 6.45) is 2.14. The third kappa shape index (κ3) is 1.33. The highest BCUT2D eigenvalue weighted by Crippen LogP contribution is 2.05. The molecular weight excluding hydrogens is 142 g/mol. The molecule has 1 heterocycles. The van der Waals surface area contributed by atoms with Crippen LogP contribution in [-0.4, -0.2) is 16.8 Å². The minimum Gasteiger partial charge on any atom is -0.217 e. The molecule has 1 rings (SSSR count). The smallest absolute Gasteiger partial charge is 0.197 e. The number of hydrogen-bond acceptors (Lipinski definition) is 4. The van der Waals surface area contributed by atoms with Gasteiger partial charge in [-0.25, -0.2) is 9.40 Å². The highest BCUT2D eigenvalue weighted by molar-refractivity contribution is 4.96. The van der Waals surface area contributed by atoms with E-state index < -0.39 is 5.83 Å². The van der Waals surface area contributed by atoms with Gasteiger partial charge in [-0.05, 0) is 0 Å². The van der Waals surface area contributed by atoms with Crippen LogP contribution in [0.5, 0.6) is 0 Å². The molecule has 0 aromatic heterocycles. The van der Waals surface area contributed by atoms with E-state index in [0.717, 1.165) is 5.01 Å². The average Bonchev–Trinajstić information content (AvgIpc) is 1.85. The fourth-order valence-electron chi connectivity index (χ4n) is 0.552. The molecule has 0 saturated heterocycles. The second-order valence-corrected chi connectivity index (χ2v) is 1.67. The highest BCUT2D eigenvalue weighted by Gasteiger charge is 2.14. The van der Waals surface area contributed by atoms with E-state index in [1.165, 1.54) is 6.19 Å². The quantitative estimate of drug-likeness (QED) is 0.391. The third-order valence-electron chi connectivity index (χ3n) is 0.900. The van der Waals surface area contributed by atoms with Crippen LogP contribution in [0.15, 0.2) is 12.0 Å². The van der Waals surface area contributed by atoms with Crippen molar-refractivity contribution in [2.45, 2.75) is 0 Å². The molecule has 0 saturated carbocycles. The largest absolute Gasteiger partial charge is 0.217 e. The lowest BCUT2D eigenvalue weighted by Gasteiger charge is -2.22. The first-order chi connectivity index (χ1) is 4.72. The maximum absolute atomic E-state index is 12.2. The molecule has 0 radical (unpaired) electrons. The van der Waals surface area contributed by atoms with E-state index in [-0.39, 0.29) is 11.8 Å². The molecule has 1 N–H and O–H groups in total. The number of nitriles is 1. The summed E-state index contributed by atoms with van der Waals surface area (Å²) in [5.74, 6) is -0.706. The van der Waals surface area contributed by atoms with Crippen LogP contribution in [0.2, 0.25) is 0 Å². The van der Waals surface area contributed by atoms with Crippen LogP contribution in [0.3, 0.4) is 0 Å². The lowest BCUT2D eigenvalue weighted by Crippen LogP contribution is -2.44. The van der Waals surface area contributed by atoms with Crippen LogP contribution < -0.4 is 5.53 Å². The minimum absolute atomic E-state index is 0.123. The van der Waals surface area contributed by atoms with E-state index in [4.69, 9.17) is 5.26 Å². The van der Waals surface area contributed by atoms with Gasteiger partial charge in [0, 0.05) is 0 Å². The third-order valence-corrected chi connectivity index (χ3v) is 0.900. The van der Waals surface area contributed by atoms with Crippen molar-refractivity contribution in [3.8, 4) is 6.19 Å². The standard InChI is InChI=1S/C4H4F2N4/c5-4-1-9(3-7)8-10(6)2-4/h2,8H,1H2. The van der Waals surface area contributed by atoms with Crippen molar-refractivity contribution < 1.29 is 8.87 Å². The molecule has 6 heteroatoms. The molecule has 0 aromatic carbocycles. The van der Waals surface area contributed by atoms with Crippen molar-refractivity contribution in [3.05, 3.63) is 12.0 Å². The Balaban J connectivity index is 2.62. The first kappa shape index (κ1) is 6.77. The number of hydrazine groups is 2. The molecule has 0 aliphatic carbocycles. The summed E-state index contributed by atoms with van der Waals surface area (Å²) < 4.78 is 24.3. The van der Waals surface area contributed by atoms with E-state index in [1.54, 1.807) is 0 Å². The van der Waals surface area contributed by atoms with Crippen LogP contribution in [0, 0.1) is 11.5 Å². The molecule has 10 heavy (non-hydrogen) atoms. The van der Waals surface area contributed by atoms with Gasteiger partial charge in [-0.3, -0.25) is 0 Å². The summed E-state index contributed by atoms with van der Waals surface area (Å²) in [5.41, 5.74) is 1.92. The van der Waals surface area contributed by atoms with Crippen molar-refractivity contribution in [2.75, 3.05) is 6.54 Å². The Morgan fingerprint density at radius 3 is 3.00 bits per heavy atom. The van der Waals surface area contributed by atoms with Gasteiger partial charge in [0.2, 0.25) is 0 Å². The lowest BCUT2D eigenvalue weighted by molar-refractivity contribution is -0.0589. The maximum atomic E-state index is 12.2. The molecule has 54 valence electrons. The molecule has 0 bridgehead atoms. The van der Waals surface area contributed by atoms with Gasteiger partial charge in [-0.2, -0.15) is 5.26 Å². The van der Waals surface area contributed by atoms with E-state index in [2.05, 4.69) is 0 Å². The van der Waals surface area contributed by atoms with E-state index >= 15 is 0 Å². The number of hydrogen-bond donors (Lipinski definition) is 1. The zero-order chi connectivity index (χ0) is 7.56. The predicted molar refractivity (Wildman–Crippen MR) is 27.6 cm³/mol. The Hall–Kier alpha value is -1.35. The van der Waals surface area contributed by atoms with Crippen LogP contribution >= 0.6 is 0 Å². The topological polar surface area (TPSA) is 42.3 Å². The summed E-state index contributed by atoms with van der Waals surface area (Å²) in [6.45, 7) is -0.239. The van der Waals surface area contributed by atoms with Crippen LogP contribution in [0.1, 0.15) is 0 Å². The Morgan fingerprint density at radius 2 is 2.50 bits per heavy atom. The van der Waals surface area contributed by atoms with Crippen molar-refractivity contribution in [2.24, 2.45) is 0 Å². The second-order valence-electron chi connectivity index (χ2n) is 1.67. The molecule has 1 aliphatic rings. The van der Waals surface area contributed by atoms with Gasteiger partial charge in [0.1, 0.15) is 12.4 Å². The van der Waals surface area contributed by atoms with Crippen LogP contribution in [0.25, 0.3) is 0 Å². The molecule has 4 nitrogen and oxygen atoms in total. The molecule has 0 atom stereocenters. The molecule has 0 amide bonds. The molecule has 0 aromatic rings. The zero-order valence-electron chi connectivity index (χ0n) is 4.88. The van der Waals surface area contributed by atoms with Crippen molar-refractivity contribution in [3.63, 3.8) is 0 Å². The Bertz CT molecular complexity index is 196. The van der Waals surface area contributed by atoms with Gasteiger partial charge < -0.3 is 0 Å². The van der Waals surface area contributed by atoms with E-state index in [1.807, 2.05) is 5.53 Å². The monoisotopic (exact) mass is 146 g/mol.